The van der Waals surface area contributed by atoms with E-state index in [1.165, 1.54) is 0 Å². The van der Waals surface area contributed by atoms with E-state index in [4.69, 9.17) is 4.74 Å². The first-order chi connectivity index (χ1) is 15.4. The number of ether oxygens (including phenoxy) is 1. The van der Waals surface area contributed by atoms with E-state index in [0.29, 0.717) is 18.8 Å². The second-order valence-electron chi connectivity index (χ2n) is 8.40. The number of nitrogens with zero attached hydrogens (tertiary/aromatic N) is 1. The van der Waals surface area contributed by atoms with Gasteiger partial charge in [-0.1, -0.05) is 24.3 Å². The maximum Gasteiger partial charge on any atom is 0.270 e. The van der Waals surface area contributed by atoms with Gasteiger partial charge in [-0.3, -0.25) is 9.59 Å². The normalized spacial score (nSPS) is 16.0. The molecule has 0 radical (unpaired) electrons. The smallest absolute Gasteiger partial charge is 0.270 e. The molecule has 1 aromatic heterocycles. The lowest BCUT2D eigenvalue weighted by Gasteiger charge is -2.32. The van der Waals surface area contributed by atoms with Crippen LogP contribution in [0.5, 0.6) is 5.75 Å². The van der Waals surface area contributed by atoms with E-state index in [-0.39, 0.29) is 17.7 Å². The predicted octanol–water partition coefficient (Wildman–Crippen LogP) is 4.80. The molecule has 166 valence electrons. The Bertz CT molecular complexity index is 1120. The van der Waals surface area contributed by atoms with E-state index in [9.17, 15) is 9.59 Å². The van der Waals surface area contributed by atoms with Crippen LogP contribution in [-0.4, -0.2) is 41.9 Å². The van der Waals surface area contributed by atoms with Gasteiger partial charge < -0.3 is 19.9 Å². The number of nitrogens with one attached hydrogen (secondary N) is 2. The second-order valence-corrected chi connectivity index (χ2v) is 8.40. The summed E-state index contributed by atoms with van der Waals surface area (Å²) in [4.78, 5) is 30.8. The van der Waals surface area contributed by atoms with Crippen LogP contribution in [0.25, 0.3) is 11.1 Å². The Labute approximate surface area is 188 Å². The van der Waals surface area contributed by atoms with Crippen molar-refractivity contribution in [3.8, 4) is 16.9 Å². The summed E-state index contributed by atoms with van der Waals surface area (Å²) in [6.07, 6.45) is 1.59. The number of aromatic amines is 1. The van der Waals surface area contributed by atoms with Crippen LogP contribution >= 0.6 is 0 Å². The van der Waals surface area contributed by atoms with Crippen molar-refractivity contribution in [3.05, 3.63) is 71.5 Å². The predicted molar refractivity (Wildman–Crippen MR) is 126 cm³/mol. The van der Waals surface area contributed by atoms with Crippen LogP contribution in [0.2, 0.25) is 0 Å². The molecule has 3 aromatic rings. The third kappa shape index (κ3) is 4.69. The maximum absolute atomic E-state index is 12.9. The number of rotatable bonds is 5. The lowest BCUT2D eigenvalue weighted by Crippen LogP contribution is -2.44. The molecule has 1 atom stereocenters. The largest absolute Gasteiger partial charge is 0.497 e. The van der Waals surface area contributed by atoms with Gasteiger partial charge in [-0.25, -0.2) is 0 Å². The molecule has 1 aliphatic heterocycles. The first kappa shape index (κ1) is 21.7. The highest BCUT2D eigenvalue weighted by Gasteiger charge is 2.30. The highest BCUT2D eigenvalue weighted by atomic mass is 16.5. The van der Waals surface area contributed by atoms with Gasteiger partial charge in [-0.05, 0) is 73.7 Å². The molecule has 0 unspecified atom stereocenters. The molecule has 1 saturated heterocycles. The summed E-state index contributed by atoms with van der Waals surface area (Å²) < 4.78 is 5.29. The molecule has 6 heteroatoms. The van der Waals surface area contributed by atoms with Crippen molar-refractivity contribution in [2.75, 3.05) is 25.5 Å². The van der Waals surface area contributed by atoms with Crippen molar-refractivity contribution in [2.24, 2.45) is 5.92 Å². The van der Waals surface area contributed by atoms with Gasteiger partial charge in [-0.15, -0.1) is 0 Å². The van der Waals surface area contributed by atoms with E-state index in [1.807, 2.05) is 68.4 Å². The molecule has 6 nitrogen and oxygen atoms in total. The minimum absolute atomic E-state index is 0.0317. The van der Waals surface area contributed by atoms with Crippen molar-refractivity contribution in [1.82, 2.24) is 9.88 Å². The summed E-state index contributed by atoms with van der Waals surface area (Å²) in [5.41, 5.74) is 5.38. The summed E-state index contributed by atoms with van der Waals surface area (Å²) >= 11 is 0. The zero-order chi connectivity index (χ0) is 22.7. The minimum atomic E-state index is -0.220. The number of piperidine rings is 1. The number of benzene rings is 2. The van der Waals surface area contributed by atoms with Crippen LogP contribution in [0.15, 0.2) is 54.6 Å². The number of hydrogen-bond donors (Lipinski definition) is 2. The van der Waals surface area contributed by atoms with Gasteiger partial charge in [-0.2, -0.15) is 0 Å². The summed E-state index contributed by atoms with van der Waals surface area (Å²) in [6, 6.07) is 17.6. The van der Waals surface area contributed by atoms with Crippen molar-refractivity contribution in [1.29, 1.82) is 0 Å². The number of carbonyl (C=O) groups is 2. The molecule has 0 spiro atoms. The van der Waals surface area contributed by atoms with E-state index in [0.717, 1.165) is 46.7 Å². The van der Waals surface area contributed by atoms with Crippen molar-refractivity contribution in [3.63, 3.8) is 0 Å². The number of aromatic nitrogens is 1. The SMILES string of the molecule is COc1cccc(-c2ccc(NC(=O)[C@H]3CCCN(C(=O)c4[nH]c(C)cc4C)C3)cc2)c1. The van der Waals surface area contributed by atoms with Gasteiger partial charge in [0.1, 0.15) is 11.4 Å². The topological polar surface area (TPSA) is 74.4 Å². The van der Waals surface area contributed by atoms with E-state index < -0.39 is 0 Å². The Balaban J connectivity index is 1.40. The quantitative estimate of drug-likeness (QED) is 0.609. The highest BCUT2D eigenvalue weighted by Crippen LogP contribution is 2.26. The molecular formula is C26H29N3O3. The Morgan fingerprint density at radius 2 is 1.84 bits per heavy atom. The average molecular weight is 432 g/mol. The summed E-state index contributed by atoms with van der Waals surface area (Å²) in [5, 5.41) is 3.02. The summed E-state index contributed by atoms with van der Waals surface area (Å²) in [5.74, 6) is 0.509. The molecular weight excluding hydrogens is 402 g/mol. The number of aryl methyl sites for hydroxylation is 2. The van der Waals surface area contributed by atoms with Crippen LogP contribution in [0.4, 0.5) is 5.69 Å². The lowest BCUT2D eigenvalue weighted by molar-refractivity contribution is -0.121. The standard InChI is InChI=1S/C26H29N3O3/c1-17-14-18(2)27-24(17)26(31)29-13-5-7-21(16-29)25(30)28-22-11-9-19(10-12-22)20-6-4-8-23(15-20)32-3/h4,6,8-12,14-15,21,27H,5,7,13,16H2,1-3H3,(H,28,30)/t21-/m0/s1. The van der Waals surface area contributed by atoms with Crippen molar-refractivity contribution in [2.45, 2.75) is 26.7 Å². The summed E-state index contributed by atoms with van der Waals surface area (Å²) in [6.45, 7) is 4.98. The number of H-pyrrole nitrogens is 1. The van der Waals surface area contributed by atoms with E-state index >= 15 is 0 Å². The van der Waals surface area contributed by atoms with Crippen molar-refractivity contribution >= 4 is 17.5 Å². The molecule has 0 bridgehead atoms. The Morgan fingerprint density at radius 3 is 2.53 bits per heavy atom. The fourth-order valence-corrected chi connectivity index (χ4v) is 4.28. The van der Waals surface area contributed by atoms with Crippen LogP contribution in [0.3, 0.4) is 0 Å². The monoisotopic (exact) mass is 431 g/mol. The number of carbonyl (C=O) groups excluding carboxylic acids is 2. The van der Waals surface area contributed by atoms with Crippen LogP contribution in [-0.2, 0) is 4.79 Å². The van der Waals surface area contributed by atoms with Crippen LogP contribution in [0.1, 0.15) is 34.6 Å². The van der Waals surface area contributed by atoms with Gasteiger partial charge in [0.2, 0.25) is 5.91 Å². The maximum atomic E-state index is 12.9. The Kier molecular flexibility index (Phi) is 6.30. The van der Waals surface area contributed by atoms with E-state index in [1.54, 1.807) is 12.0 Å². The van der Waals surface area contributed by atoms with Gasteiger partial charge >= 0.3 is 0 Å². The fraction of sp³-hybridized carbons (Fsp3) is 0.308. The zero-order valence-corrected chi connectivity index (χ0v) is 18.8. The number of methoxy groups -OCH3 is 1. The number of hydrogen-bond acceptors (Lipinski definition) is 3. The third-order valence-corrected chi connectivity index (χ3v) is 6.00. The average Bonchev–Trinajstić information content (AvgIpc) is 3.16. The Hall–Kier alpha value is -3.54. The number of amides is 2. The molecule has 2 amide bonds. The molecule has 4 rings (SSSR count). The molecule has 32 heavy (non-hydrogen) atoms. The van der Waals surface area contributed by atoms with Crippen LogP contribution < -0.4 is 10.1 Å². The molecule has 1 aliphatic rings. The molecule has 0 aliphatic carbocycles. The lowest BCUT2D eigenvalue weighted by atomic mass is 9.96. The van der Waals surface area contributed by atoms with Gasteiger partial charge in [0.25, 0.3) is 5.91 Å². The third-order valence-electron chi connectivity index (χ3n) is 6.00. The molecule has 1 fully saturated rings. The number of anilines is 1. The first-order valence-corrected chi connectivity index (χ1v) is 11.0. The molecule has 2 heterocycles. The van der Waals surface area contributed by atoms with Crippen LogP contribution in [0, 0.1) is 19.8 Å². The van der Waals surface area contributed by atoms with Gasteiger partial charge in [0, 0.05) is 24.5 Å². The first-order valence-electron chi connectivity index (χ1n) is 11.0. The number of likely N-dealkylation sites (tertiary alicyclic amines) is 1. The van der Waals surface area contributed by atoms with E-state index in [2.05, 4.69) is 10.3 Å². The Morgan fingerprint density at radius 1 is 1.06 bits per heavy atom. The summed E-state index contributed by atoms with van der Waals surface area (Å²) in [7, 11) is 1.65. The van der Waals surface area contributed by atoms with Gasteiger partial charge in [0.05, 0.1) is 13.0 Å². The van der Waals surface area contributed by atoms with Crippen molar-refractivity contribution < 1.29 is 14.3 Å². The molecule has 0 saturated carbocycles. The molecule has 2 N–H and O–H groups in total. The molecule has 2 aromatic carbocycles. The minimum Gasteiger partial charge on any atom is -0.497 e. The second kappa shape index (κ2) is 9.30. The highest BCUT2D eigenvalue weighted by molar-refractivity contribution is 5.96. The fourth-order valence-electron chi connectivity index (χ4n) is 4.28. The zero-order valence-electron chi connectivity index (χ0n) is 18.8. The van der Waals surface area contributed by atoms with Gasteiger partial charge in [0.15, 0.2) is 0 Å².